The maximum absolute atomic E-state index is 12.0. The van der Waals surface area contributed by atoms with Crippen LogP contribution in [-0.2, 0) is 20.9 Å². The average molecular weight is 392 g/mol. The van der Waals surface area contributed by atoms with Crippen LogP contribution < -0.4 is 0 Å². The van der Waals surface area contributed by atoms with E-state index in [1.54, 1.807) is 0 Å². The predicted octanol–water partition coefficient (Wildman–Crippen LogP) is 4.43. The zero-order valence-electron chi connectivity index (χ0n) is 16.8. The molecule has 3 fully saturated rings. The molecular formula is C25H29NO3. The van der Waals surface area contributed by atoms with Crippen molar-refractivity contribution in [2.45, 2.75) is 57.0 Å². The molecule has 0 spiro atoms. The zero-order valence-corrected chi connectivity index (χ0v) is 16.8. The van der Waals surface area contributed by atoms with Crippen molar-refractivity contribution >= 4 is 5.97 Å². The van der Waals surface area contributed by atoms with Gasteiger partial charge in [-0.2, -0.15) is 0 Å². The van der Waals surface area contributed by atoms with Crippen LogP contribution in [0.2, 0.25) is 0 Å². The van der Waals surface area contributed by atoms with Crippen molar-refractivity contribution in [3.63, 3.8) is 0 Å². The smallest absolute Gasteiger partial charge is 0.306 e. The molecule has 0 radical (unpaired) electrons. The summed E-state index contributed by atoms with van der Waals surface area (Å²) >= 11 is 0. The van der Waals surface area contributed by atoms with Gasteiger partial charge in [-0.05, 0) is 42.6 Å². The molecule has 4 unspecified atom stereocenters. The van der Waals surface area contributed by atoms with Crippen LogP contribution in [0.5, 0.6) is 0 Å². The van der Waals surface area contributed by atoms with E-state index in [1.165, 1.54) is 36.0 Å². The number of ether oxygens (including phenoxy) is 2. The first kappa shape index (κ1) is 18.8. The van der Waals surface area contributed by atoms with Crippen LogP contribution in [0.25, 0.3) is 11.1 Å². The van der Waals surface area contributed by atoms with Gasteiger partial charge in [0.25, 0.3) is 0 Å². The Kier molecular flexibility index (Phi) is 5.38. The van der Waals surface area contributed by atoms with Crippen LogP contribution in [-0.4, -0.2) is 42.2 Å². The summed E-state index contributed by atoms with van der Waals surface area (Å²) in [5.74, 6) is 0.217. The number of hydrogen-bond acceptors (Lipinski definition) is 4. The molecule has 2 heterocycles. The zero-order chi connectivity index (χ0) is 19.6. The number of piperidine rings is 1. The number of likely N-dealkylation sites (tertiary alicyclic amines) is 1. The van der Waals surface area contributed by atoms with E-state index in [4.69, 9.17) is 9.47 Å². The molecule has 4 atom stereocenters. The molecule has 2 bridgehead atoms. The van der Waals surface area contributed by atoms with Crippen molar-refractivity contribution in [2.75, 3.05) is 13.1 Å². The minimum atomic E-state index is -0.0495. The van der Waals surface area contributed by atoms with Gasteiger partial charge in [0, 0.05) is 12.3 Å². The molecule has 4 heteroatoms. The Morgan fingerprint density at radius 1 is 0.931 bits per heavy atom. The maximum Gasteiger partial charge on any atom is 0.306 e. The quantitative estimate of drug-likeness (QED) is 0.707. The molecule has 29 heavy (non-hydrogen) atoms. The first-order valence-corrected chi connectivity index (χ1v) is 11.0. The Hall–Kier alpha value is -2.17. The van der Waals surface area contributed by atoms with Crippen molar-refractivity contribution in [3.8, 4) is 11.1 Å². The third-order valence-corrected chi connectivity index (χ3v) is 6.78. The van der Waals surface area contributed by atoms with Gasteiger partial charge >= 0.3 is 5.97 Å². The number of hydrogen-bond donors (Lipinski definition) is 0. The lowest BCUT2D eigenvalue weighted by atomic mass is 9.92. The summed E-state index contributed by atoms with van der Waals surface area (Å²) in [5, 5.41) is 0. The molecule has 0 amide bonds. The molecule has 5 rings (SSSR count). The van der Waals surface area contributed by atoms with Crippen LogP contribution in [0.15, 0.2) is 54.6 Å². The van der Waals surface area contributed by atoms with Gasteiger partial charge in [0.15, 0.2) is 0 Å². The highest BCUT2D eigenvalue weighted by atomic mass is 16.6. The third-order valence-electron chi connectivity index (χ3n) is 6.78. The summed E-state index contributed by atoms with van der Waals surface area (Å²) in [7, 11) is 0. The minimum Gasteiger partial charge on any atom is -0.461 e. The van der Waals surface area contributed by atoms with Crippen molar-refractivity contribution in [3.05, 3.63) is 60.2 Å². The highest BCUT2D eigenvalue weighted by Crippen LogP contribution is 2.42. The number of benzene rings is 2. The number of esters is 1. The van der Waals surface area contributed by atoms with E-state index in [0.717, 1.165) is 19.5 Å². The monoisotopic (exact) mass is 391 g/mol. The van der Waals surface area contributed by atoms with E-state index in [9.17, 15) is 4.79 Å². The number of fused-ring (bicyclic) bond motifs is 2. The van der Waals surface area contributed by atoms with Gasteiger partial charge in [0.05, 0.1) is 25.2 Å². The van der Waals surface area contributed by atoms with Gasteiger partial charge in [-0.25, -0.2) is 0 Å². The van der Waals surface area contributed by atoms with E-state index in [1.807, 2.05) is 6.07 Å². The topological polar surface area (TPSA) is 38.8 Å². The van der Waals surface area contributed by atoms with Crippen molar-refractivity contribution in [2.24, 2.45) is 5.92 Å². The second kappa shape index (κ2) is 8.29. The van der Waals surface area contributed by atoms with Gasteiger partial charge < -0.3 is 9.47 Å². The van der Waals surface area contributed by atoms with Gasteiger partial charge in [-0.1, -0.05) is 61.0 Å². The van der Waals surface area contributed by atoms with E-state index in [-0.39, 0.29) is 24.1 Å². The van der Waals surface area contributed by atoms with Crippen LogP contribution in [0.1, 0.15) is 37.7 Å². The molecule has 0 N–H and O–H groups in total. The Balaban J connectivity index is 1.24. The van der Waals surface area contributed by atoms with Gasteiger partial charge in [0.1, 0.15) is 6.10 Å². The number of nitrogens with zero attached hydrogens (tertiary/aromatic N) is 1. The predicted molar refractivity (Wildman–Crippen MR) is 112 cm³/mol. The Bertz CT molecular complexity index is 829. The molecule has 2 aromatic carbocycles. The van der Waals surface area contributed by atoms with Gasteiger partial charge in [-0.15, -0.1) is 0 Å². The molecule has 3 aliphatic rings. The van der Waals surface area contributed by atoms with E-state index < -0.39 is 0 Å². The summed E-state index contributed by atoms with van der Waals surface area (Å²) in [5.41, 5.74) is 3.62. The second-order valence-electron chi connectivity index (χ2n) is 8.63. The number of carbonyl (C=O) groups is 1. The molecule has 2 saturated heterocycles. The fraction of sp³-hybridized carbons (Fsp3) is 0.480. The summed E-state index contributed by atoms with van der Waals surface area (Å²) < 4.78 is 12.1. The molecule has 2 aromatic rings. The highest BCUT2D eigenvalue weighted by Gasteiger charge is 2.52. The Morgan fingerprint density at radius 3 is 2.41 bits per heavy atom. The van der Waals surface area contributed by atoms with Crippen molar-refractivity contribution < 1.29 is 14.3 Å². The summed E-state index contributed by atoms with van der Waals surface area (Å²) in [6.45, 7) is 2.84. The fourth-order valence-corrected chi connectivity index (χ4v) is 5.36. The third kappa shape index (κ3) is 3.96. The van der Waals surface area contributed by atoms with E-state index in [0.29, 0.717) is 19.1 Å². The van der Waals surface area contributed by atoms with Crippen molar-refractivity contribution in [1.82, 2.24) is 4.90 Å². The Labute approximate surface area is 172 Å². The molecule has 4 nitrogen and oxygen atoms in total. The SMILES string of the molecule is O=C1CC2C(OCc3ccc(-c4ccccc4)cc3)CC(O1)C2N1CCCCC1. The lowest BCUT2D eigenvalue weighted by molar-refractivity contribution is -0.160. The molecule has 2 aliphatic heterocycles. The summed E-state index contributed by atoms with van der Waals surface area (Å²) in [6.07, 6.45) is 5.26. The highest BCUT2D eigenvalue weighted by molar-refractivity contribution is 5.71. The first-order valence-electron chi connectivity index (χ1n) is 11.0. The number of rotatable bonds is 5. The minimum absolute atomic E-state index is 0.00445. The van der Waals surface area contributed by atoms with Crippen LogP contribution >= 0.6 is 0 Å². The lowest BCUT2D eigenvalue weighted by Crippen LogP contribution is -2.51. The lowest BCUT2D eigenvalue weighted by Gasteiger charge is -2.40. The van der Waals surface area contributed by atoms with Crippen LogP contribution in [0, 0.1) is 5.92 Å². The van der Waals surface area contributed by atoms with E-state index in [2.05, 4.69) is 53.4 Å². The average Bonchev–Trinajstić information content (AvgIpc) is 3.01. The second-order valence-corrected chi connectivity index (χ2v) is 8.63. The molecule has 1 saturated carbocycles. The molecule has 152 valence electrons. The molecular weight excluding hydrogens is 362 g/mol. The van der Waals surface area contributed by atoms with Crippen LogP contribution in [0.3, 0.4) is 0 Å². The Morgan fingerprint density at radius 2 is 1.66 bits per heavy atom. The normalized spacial score (nSPS) is 29.6. The summed E-state index contributed by atoms with van der Waals surface area (Å²) in [6, 6.07) is 19.4. The van der Waals surface area contributed by atoms with Crippen LogP contribution in [0.4, 0.5) is 0 Å². The molecule has 1 aliphatic carbocycles. The van der Waals surface area contributed by atoms with Gasteiger partial charge in [0.2, 0.25) is 0 Å². The maximum atomic E-state index is 12.0. The first-order chi connectivity index (χ1) is 14.3. The number of carbonyl (C=O) groups excluding carboxylic acids is 1. The van der Waals surface area contributed by atoms with Gasteiger partial charge in [-0.3, -0.25) is 9.69 Å². The largest absolute Gasteiger partial charge is 0.461 e. The standard InChI is InChI=1S/C25H29NO3/c27-24-15-21-22(16-23(29-24)25(21)26-13-5-2-6-14-26)28-17-18-9-11-20(12-10-18)19-7-3-1-4-8-19/h1,3-4,7-12,21-23,25H,2,5-6,13-17H2. The van der Waals surface area contributed by atoms with Crippen molar-refractivity contribution in [1.29, 1.82) is 0 Å². The molecule has 0 aromatic heterocycles. The fourth-order valence-electron chi connectivity index (χ4n) is 5.36. The summed E-state index contributed by atoms with van der Waals surface area (Å²) in [4.78, 5) is 14.6. The van der Waals surface area contributed by atoms with E-state index >= 15 is 0 Å².